The summed E-state index contributed by atoms with van der Waals surface area (Å²) >= 11 is 6.68. The van der Waals surface area contributed by atoms with Crippen molar-refractivity contribution in [2.75, 3.05) is 14.2 Å². The van der Waals surface area contributed by atoms with Crippen LogP contribution in [-0.2, 0) is 6.54 Å². The second-order valence-electron chi connectivity index (χ2n) is 7.03. The number of benzene rings is 2. The van der Waals surface area contributed by atoms with E-state index in [0.717, 1.165) is 17.0 Å². The minimum atomic E-state index is -0.185. The van der Waals surface area contributed by atoms with Gasteiger partial charge in [0.2, 0.25) is 0 Å². The predicted molar refractivity (Wildman–Crippen MR) is 117 cm³/mol. The summed E-state index contributed by atoms with van der Waals surface area (Å²) in [6.07, 6.45) is 1.52. The molecule has 0 N–H and O–H groups in total. The zero-order valence-electron chi connectivity index (χ0n) is 17.0. The lowest BCUT2D eigenvalue weighted by atomic mass is 10.1. The van der Waals surface area contributed by atoms with Crippen molar-refractivity contribution in [2.24, 2.45) is 0 Å². The topological polar surface area (TPSA) is 60.3 Å². The number of methoxy groups -OCH3 is 1. The zero-order chi connectivity index (χ0) is 21.3. The molecule has 2 aromatic carbocycles. The highest BCUT2D eigenvalue weighted by atomic mass is 35.5. The standard InChI is InChI=1S/C23H21ClN4O2/c1-15-20-21(24)19(23(29)27(2)14-16-7-5-4-6-8-16)13-25-22(20)28(26-15)17-9-11-18(30-3)12-10-17/h4-13H,14H2,1-3H3. The summed E-state index contributed by atoms with van der Waals surface area (Å²) in [6.45, 7) is 2.34. The number of nitrogens with zero attached hydrogens (tertiary/aromatic N) is 4. The van der Waals surface area contributed by atoms with Gasteiger partial charge >= 0.3 is 0 Å². The van der Waals surface area contributed by atoms with E-state index in [2.05, 4.69) is 10.1 Å². The molecule has 0 aliphatic heterocycles. The molecular weight excluding hydrogens is 400 g/mol. The van der Waals surface area contributed by atoms with E-state index in [1.807, 2.05) is 61.5 Å². The minimum Gasteiger partial charge on any atom is -0.497 e. The maximum absolute atomic E-state index is 13.0. The molecule has 0 saturated carbocycles. The predicted octanol–water partition coefficient (Wildman–Crippen LogP) is 4.66. The number of aromatic nitrogens is 3. The van der Waals surface area contributed by atoms with Crippen LogP contribution in [0, 0.1) is 6.92 Å². The molecule has 0 saturated heterocycles. The van der Waals surface area contributed by atoms with E-state index in [0.29, 0.717) is 33.9 Å². The Kier molecular flexibility index (Phi) is 5.42. The van der Waals surface area contributed by atoms with Crippen LogP contribution in [-0.4, -0.2) is 39.7 Å². The number of halogens is 1. The van der Waals surface area contributed by atoms with Crippen LogP contribution in [0.1, 0.15) is 21.6 Å². The third kappa shape index (κ3) is 3.62. The largest absolute Gasteiger partial charge is 0.497 e. The summed E-state index contributed by atoms with van der Waals surface area (Å²) in [4.78, 5) is 19.2. The molecule has 1 amide bonds. The first-order valence-electron chi connectivity index (χ1n) is 9.47. The minimum absolute atomic E-state index is 0.185. The Morgan fingerprint density at radius 2 is 1.83 bits per heavy atom. The van der Waals surface area contributed by atoms with Gasteiger partial charge < -0.3 is 9.64 Å². The molecule has 7 heteroatoms. The van der Waals surface area contributed by atoms with Gasteiger partial charge in [0.15, 0.2) is 5.65 Å². The number of amides is 1. The van der Waals surface area contributed by atoms with Crippen molar-refractivity contribution in [3.8, 4) is 11.4 Å². The second-order valence-corrected chi connectivity index (χ2v) is 7.40. The van der Waals surface area contributed by atoms with Gasteiger partial charge in [-0.2, -0.15) is 5.10 Å². The maximum Gasteiger partial charge on any atom is 0.257 e. The molecule has 0 aliphatic rings. The van der Waals surface area contributed by atoms with Crippen molar-refractivity contribution in [1.29, 1.82) is 0 Å². The zero-order valence-corrected chi connectivity index (χ0v) is 17.7. The number of fused-ring (bicyclic) bond motifs is 1. The van der Waals surface area contributed by atoms with E-state index < -0.39 is 0 Å². The second kappa shape index (κ2) is 8.16. The molecule has 2 aromatic heterocycles. The molecule has 0 atom stereocenters. The molecule has 30 heavy (non-hydrogen) atoms. The molecule has 2 heterocycles. The first kappa shape index (κ1) is 19.9. The average Bonchev–Trinajstić information content (AvgIpc) is 3.11. The van der Waals surface area contributed by atoms with Crippen LogP contribution in [0.2, 0.25) is 5.02 Å². The van der Waals surface area contributed by atoms with Gasteiger partial charge in [-0.05, 0) is 36.8 Å². The fourth-order valence-corrected chi connectivity index (χ4v) is 3.75. The summed E-state index contributed by atoms with van der Waals surface area (Å²) < 4.78 is 6.94. The maximum atomic E-state index is 13.0. The first-order valence-corrected chi connectivity index (χ1v) is 9.85. The lowest BCUT2D eigenvalue weighted by Crippen LogP contribution is -2.26. The number of ether oxygens (including phenoxy) is 1. The smallest absolute Gasteiger partial charge is 0.257 e. The Morgan fingerprint density at radius 1 is 1.13 bits per heavy atom. The van der Waals surface area contributed by atoms with Crippen LogP contribution >= 0.6 is 11.6 Å². The van der Waals surface area contributed by atoms with Crippen molar-refractivity contribution in [1.82, 2.24) is 19.7 Å². The van der Waals surface area contributed by atoms with Crippen molar-refractivity contribution in [3.05, 3.63) is 82.6 Å². The molecule has 6 nitrogen and oxygen atoms in total. The lowest BCUT2D eigenvalue weighted by molar-refractivity contribution is 0.0785. The molecule has 0 spiro atoms. The van der Waals surface area contributed by atoms with Crippen LogP contribution in [0.4, 0.5) is 0 Å². The summed E-state index contributed by atoms with van der Waals surface area (Å²) in [7, 11) is 3.38. The van der Waals surface area contributed by atoms with Gasteiger partial charge in [0.25, 0.3) is 5.91 Å². The molecule has 152 valence electrons. The van der Waals surface area contributed by atoms with E-state index in [1.165, 1.54) is 6.20 Å². The molecule has 4 rings (SSSR count). The first-order chi connectivity index (χ1) is 14.5. The monoisotopic (exact) mass is 420 g/mol. The highest BCUT2D eigenvalue weighted by molar-refractivity contribution is 6.38. The molecule has 0 bridgehead atoms. The van der Waals surface area contributed by atoms with Gasteiger partial charge in [-0.3, -0.25) is 4.79 Å². The third-order valence-electron chi connectivity index (χ3n) is 4.96. The van der Waals surface area contributed by atoms with E-state index >= 15 is 0 Å². The van der Waals surface area contributed by atoms with Crippen LogP contribution in [0.3, 0.4) is 0 Å². The molecule has 0 unspecified atom stereocenters. The third-order valence-corrected chi connectivity index (χ3v) is 5.36. The van der Waals surface area contributed by atoms with Gasteiger partial charge in [0.05, 0.1) is 34.5 Å². The Bertz CT molecular complexity index is 1200. The average molecular weight is 421 g/mol. The van der Waals surface area contributed by atoms with E-state index in [9.17, 15) is 4.79 Å². The van der Waals surface area contributed by atoms with Crippen molar-refractivity contribution in [2.45, 2.75) is 13.5 Å². The highest BCUT2D eigenvalue weighted by Gasteiger charge is 2.22. The summed E-state index contributed by atoms with van der Waals surface area (Å²) in [5.74, 6) is 0.571. The van der Waals surface area contributed by atoms with Gasteiger partial charge in [0, 0.05) is 19.8 Å². The quantitative estimate of drug-likeness (QED) is 0.471. The fourth-order valence-electron chi connectivity index (χ4n) is 3.40. The summed E-state index contributed by atoms with van der Waals surface area (Å²) in [5.41, 5.74) is 3.54. The van der Waals surface area contributed by atoms with Gasteiger partial charge in [-0.1, -0.05) is 41.9 Å². The Morgan fingerprint density at radius 3 is 2.50 bits per heavy atom. The number of pyridine rings is 1. The van der Waals surface area contributed by atoms with Crippen LogP contribution in [0.15, 0.2) is 60.8 Å². The Balaban J connectivity index is 1.70. The van der Waals surface area contributed by atoms with Crippen LogP contribution in [0.25, 0.3) is 16.7 Å². The van der Waals surface area contributed by atoms with Crippen LogP contribution in [0.5, 0.6) is 5.75 Å². The van der Waals surface area contributed by atoms with Crippen molar-refractivity contribution >= 4 is 28.5 Å². The molecule has 0 fully saturated rings. The van der Waals surface area contributed by atoms with Gasteiger partial charge in [-0.15, -0.1) is 0 Å². The van der Waals surface area contributed by atoms with E-state index in [4.69, 9.17) is 16.3 Å². The lowest BCUT2D eigenvalue weighted by Gasteiger charge is -2.18. The Hall–Kier alpha value is -3.38. The molecular formula is C23H21ClN4O2. The summed E-state index contributed by atoms with van der Waals surface area (Å²) in [5, 5.41) is 5.63. The number of hydrogen-bond donors (Lipinski definition) is 0. The van der Waals surface area contributed by atoms with E-state index in [1.54, 1.807) is 23.7 Å². The van der Waals surface area contributed by atoms with E-state index in [-0.39, 0.29) is 5.91 Å². The van der Waals surface area contributed by atoms with Gasteiger partial charge in [0.1, 0.15) is 5.75 Å². The highest BCUT2D eigenvalue weighted by Crippen LogP contribution is 2.31. The van der Waals surface area contributed by atoms with Crippen molar-refractivity contribution < 1.29 is 9.53 Å². The molecule has 0 aliphatic carbocycles. The Labute approximate surface area is 179 Å². The van der Waals surface area contributed by atoms with Crippen LogP contribution < -0.4 is 4.74 Å². The SMILES string of the molecule is COc1ccc(-n2nc(C)c3c(Cl)c(C(=O)N(C)Cc4ccccc4)cnc32)cc1. The number of rotatable bonds is 5. The number of carbonyl (C=O) groups excluding carboxylic acids is 1. The normalized spacial score (nSPS) is 10.9. The molecule has 4 aromatic rings. The van der Waals surface area contributed by atoms with Gasteiger partial charge in [-0.25, -0.2) is 9.67 Å². The number of aryl methyl sites for hydroxylation is 1. The van der Waals surface area contributed by atoms with Crippen molar-refractivity contribution in [3.63, 3.8) is 0 Å². The number of carbonyl (C=O) groups is 1. The number of hydrogen-bond acceptors (Lipinski definition) is 4. The molecule has 0 radical (unpaired) electrons. The fraction of sp³-hybridized carbons (Fsp3) is 0.174. The summed E-state index contributed by atoms with van der Waals surface area (Å²) in [6, 6.07) is 17.3.